The van der Waals surface area contributed by atoms with E-state index in [1.54, 1.807) is 0 Å². The largest absolute Gasteiger partial charge is 0.469 e. The number of piperidine rings is 2. The van der Waals surface area contributed by atoms with E-state index in [9.17, 15) is 4.79 Å². The molecule has 2 aliphatic heterocycles. The number of esters is 1. The number of methoxy groups -OCH3 is 1. The average molecular weight is 266 g/mol. The molecule has 4 heteroatoms. The standard InChI is InChI=1S/C15H26N2O2/c1-19-14(18)13-10-15(13)4-8-17(9-5-15)11-12-2-6-16-7-3-12/h12-13,16H,2-11H2,1H3. The van der Waals surface area contributed by atoms with Gasteiger partial charge < -0.3 is 15.0 Å². The van der Waals surface area contributed by atoms with Gasteiger partial charge in [0.1, 0.15) is 0 Å². The Balaban J connectivity index is 1.44. The number of rotatable bonds is 3. The molecule has 3 rings (SSSR count). The van der Waals surface area contributed by atoms with Crippen LogP contribution < -0.4 is 5.32 Å². The number of nitrogens with one attached hydrogen (secondary N) is 1. The van der Waals surface area contributed by atoms with Crippen LogP contribution in [-0.2, 0) is 9.53 Å². The van der Waals surface area contributed by atoms with Crippen molar-refractivity contribution in [3.05, 3.63) is 0 Å². The molecule has 1 aliphatic carbocycles. The third kappa shape index (κ3) is 2.79. The summed E-state index contributed by atoms with van der Waals surface area (Å²) >= 11 is 0. The molecule has 1 saturated carbocycles. The van der Waals surface area contributed by atoms with Gasteiger partial charge in [-0.05, 0) is 69.6 Å². The molecular formula is C15H26N2O2. The van der Waals surface area contributed by atoms with Crippen LogP contribution in [0.15, 0.2) is 0 Å². The molecule has 1 atom stereocenters. The lowest BCUT2D eigenvalue weighted by molar-refractivity contribution is -0.143. The molecule has 4 nitrogen and oxygen atoms in total. The second kappa shape index (κ2) is 5.41. The second-order valence-electron chi connectivity index (χ2n) is 6.64. The first-order chi connectivity index (χ1) is 9.23. The Bertz CT molecular complexity index is 331. The average Bonchev–Trinajstić information content (AvgIpc) is 3.16. The topological polar surface area (TPSA) is 41.6 Å². The molecule has 3 fully saturated rings. The van der Waals surface area contributed by atoms with E-state index in [1.807, 2.05) is 0 Å². The van der Waals surface area contributed by atoms with Crippen LogP contribution in [0.25, 0.3) is 0 Å². The quantitative estimate of drug-likeness (QED) is 0.781. The van der Waals surface area contributed by atoms with Crippen molar-refractivity contribution in [3.63, 3.8) is 0 Å². The van der Waals surface area contributed by atoms with E-state index in [0.717, 1.165) is 12.3 Å². The van der Waals surface area contributed by atoms with Crippen LogP contribution in [0.4, 0.5) is 0 Å². The highest BCUT2D eigenvalue weighted by Crippen LogP contribution is 2.59. The van der Waals surface area contributed by atoms with Gasteiger partial charge in [0.25, 0.3) is 0 Å². The van der Waals surface area contributed by atoms with Crippen molar-refractivity contribution in [1.29, 1.82) is 0 Å². The summed E-state index contributed by atoms with van der Waals surface area (Å²) in [5.41, 5.74) is 0.317. The first-order valence-corrected chi connectivity index (χ1v) is 7.74. The van der Waals surface area contributed by atoms with E-state index in [0.29, 0.717) is 5.41 Å². The molecule has 3 aliphatic rings. The number of ether oxygens (including phenoxy) is 1. The normalized spacial score (nSPS) is 31.3. The zero-order chi connectivity index (χ0) is 13.3. The van der Waals surface area contributed by atoms with Gasteiger partial charge >= 0.3 is 5.97 Å². The third-order valence-corrected chi connectivity index (χ3v) is 5.50. The maximum absolute atomic E-state index is 11.6. The Hall–Kier alpha value is -0.610. The van der Waals surface area contributed by atoms with Crippen molar-refractivity contribution in [2.45, 2.75) is 32.1 Å². The highest BCUT2D eigenvalue weighted by Gasteiger charge is 2.59. The van der Waals surface area contributed by atoms with E-state index in [-0.39, 0.29) is 11.9 Å². The van der Waals surface area contributed by atoms with Crippen molar-refractivity contribution >= 4 is 5.97 Å². The predicted octanol–water partition coefficient (Wildman–Crippen LogP) is 1.26. The van der Waals surface area contributed by atoms with Gasteiger partial charge in [0, 0.05) is 6.54 Å². The monoisotopic (exact) mass is 266 g/mol. The summed E-state index contributed by atoms with van der Waals surface area (Å²) in [4.78, 5) is 14.2. The van der Waals surface area contributed by atoms with Crippen LogP contribution in [0.3, 0.4) is 0 Å². The SMILES string of the molecule is COC(=O)C1CC12CCN(CC1CCNCC1)CC2. The second-order valence-corrected chi connectivity index (χ2v) is 6.64. The molecule has 0 aromatic heterocycles. The van der Waals surface area contributed by atoms with Crippen molar-refractivity contribution in [1.82, 2.24) is 10.2 Å². The summed E-state index contributed by atoms with van der Waals surface area (Å²) in [5, 5.41) is 3.43. The fourth-order valence-corrected chi connectivity index (χ4v) is 3.99. The van der Waals surface area contributed by atoms with Crippen LogP contribution in [0.1, 0.15) is 32.1 Å². The molecule has 108 valence electrons. The van der Waals surface area contributed by atoms with E-state index in [2.05, 4.69) is 10.2 Å². The Kier molecular flexibility index (Phi) is 3.81. The molecular weight excluding hydrogens is 240 g/mol. The zero-order valence-electron chi connectivity index (χ0n) is 12.0. The van der Waals surface area contributed by atoms with Gasteiger partial charge in [-0.15, -0.1) is 0 Å². The van der Waals surface area contributed by atoms with Gasteiger partial charge in [-0.2, -0.15) is 0 Å². The number of hydrogen-bond acceptors (Lipinski definition) is 4. The molecule has 1 N–H and O–H groups in total. The highest BCUT2D eigenvalue weighted by molar-refractivity contribution is 5.76. The van der Waals surface area contributed by atoms with Gasteiger partial charge in [-0.25, -0.2) is 0 Å². The van der Waals surface area contributed by atoms with Crippen LogP contribution in [0.2, 0.25) is 0 Å². The lowest BCUT2D eigenvalue weighted by Gasteiger charge is -2.36. The van der Waals surface area contributed by atoms with Gasteiger partial charge in [0.05, 0.1) is 13.0 Å². The van der Waals surface area contributed by atoms with E-state index in [1.165, 1.54) is 65.5 Å². The highest BCUT2D eigenvalue weighted by atomic mass is 16.5. The summed E-state index contributed by atoms with van der Waals surface area (Å²) in [6.45, 7) is 6.00. The summed E-state index contributed by atoms with van der Waals surface area (Å²) in [5.74, 6) is 1.11. The lowest BCUT2D eigenvalue weighted by Crippen LogP contribution is -2.41. The molecule has 0 aromatic carbocycles. The molecule has 2 saturated heterocycles. The van der Waals surface area contributed by atoms with Crippen LogP contribution >= 0.6 is 0 Å². The van der Waals surface area contributed by atoms with Crippen LogP contribution in [-0.4, -0.2) is 50.7 Å². The van der Waals surface area contributed by atoms with E-state index < -0.39 is 0 Å². The van der Waals surface area contributed by atoms with Gasteiger partial charge in [0.2, 0.25) is 0 Å². The first kappa shape index (κ1) is 13.4. The van der Waals surface area contributed by atoms with Crippen LogP contribution in [0, 0.1) is 17.3 Å². The van der Waals surface area contributed by atoms with Crippen molar-refractivity contribution in [2.24, 2.45) is 17.3 Å². The Morgan fingerprint density at radius 2 is 2.00 bits per heavy atom. The molecule has 0 radical (unpaired) electrons. The Morgan fingerprint density at radius 3 is 2.63 bits per heavy atom. The summed E-state index contributed by atoms with van der Waals surface area (Å²) < 4.78 is 4.89. The molecule has 0 amide bonds. The number of likely N-dealkylation sites (tertiary alicyclic amines) is 1. The number of carbonyl (C=O) groups excluding carboxylic acids is 1. The zero-order valence-corrected chi connectivity index (χ0v) is 12.0. The number of carbonyl (C=O) groups is 1. The first-order valence-electron chi connectivity index (χ1n) is 7.74. The molecule has 2 heterocycles. The minimum absolute atomic E-state index is 0.0202. The predicted molar refractivity (Wildman–Crippen MR) is 73.8 cm³/mol. The maximum atomic E-state index is 11.6. The van der Waals surface area contributed by atoms with Crippen molar-refractivity contribution < 1.29 is 9.53 Å². The van der Waals surface area contributed by atoms with Crippen molar-refractivity contribution in [2.75, 3.05) is 39.8 Å². The van der Waals surface area contributed by atoms with Crippen molar-refractivity contribution in [3.8, 4) is 0 Å². The Labute approximate surface area is 115 Å². The van der Waals surface area contributed by atoms with Gasteiger partial charge in [-0.1, -0.05) is 0 Å². The minimum Gasteiger partial charge on any atom is -0.469 e. The van der Waals surface area contributed by atoms with Crippen LogP contribution in [0.5, 0.6) is 0 Å². The molecule has 19 heavy (non-hydrogen) atoms. The van der Waals surface area contributed by atoms with E-state index >= 15 is 0 Å². The summed E-state index contributed by atoms with van der Waals surface area (Å²) in [6, 6.07) is 0. The molecule has 1 unspecified atom stereocenters. The minimum atomic E-state index is 0.0202. The molecule has 0 bridgehead atoms. The van der Waals surface area contributed by atoms with E-state index in [4.69, 9.17) is 4.74 Å². The number of nitrogens with zero attached hydrogens (tertiary/aromatic N) is 1. The lowest BCUT2D eigenvalue weighted by atomic mass is 9.89. The number of hydrogen-bond donors (Lipinski definition) is 1. The fourth-order valence-electron chi connectivity index (χ4n) is 3.99. The molecule has 1 spiro atoms. The van der Waals surface area contributed by atoms with Gasteiger partial charge in [-0.3, -0.25) is 4.79 Å². The van der Waals surface area contributed by atoms with Gasteiger partial charge in [0.15, 0.2) is 0 Å². The third-order valence-electron chi connectivity index (χ3n) is 5.50. The maximum Gasteiger partial charge on any atom is 0.309 e. The fraction of sp³-hybridized carbons (Fsp3) is 0.933. The summed E-state index contributed by atoms with van der Waals surface area (Å²) in [6.07, 6.45) is 6.11. The molecule has 0 aromatic rings. The smallest absolute Gasteiger partial charge is 0.309 e. The Morgan fingerprint density at radius 1 is 1.32 bits per heavy atom. The summed E-state index contributed by atoms with van der Waals surface area (Å²) in [7, 11) is 1.51.